The number of rotatable bonds is 5. The third kappa shape index (κ3) is 5.40. The number of aliphatic hydroxyl groups excluding tert-OH is 1. The SMILES string of the molecule is CNS(=O)(=O)CCNC(=O)c1ccc(C#CCO)cc1. The summed E-state index contributed by atoms with van der Waals surface area (Å²) < 4.78 is 24.5. The highest BCUT2D eigenvalue weighted by molar-refractivity contribution is 7.89. The van der Waals surface area contributed by atoms with Crippen LogP contribution in [0.1, 0.15) is 15.9 Å². The summed E-state index contributed by atoms with van der Waals surface area (Å²) in [7, 11) is -2.00. The Hall–Kier alpha value is -1.88. The fourth-order valence-corrected chi connectivity index (χ4v) is 1.92. The molecule has 0 radical (unpaired) electrons. The molecule has 1 aromatic rings. The van der Waals surface area contributed by atoms with Gasteiger partial charge in [0.25, 0.3) is 5.91 Å². The first-order valence-electron chi connectivity index (χ1n) is 5.87. The van der Waals surface area contributed by atoms with Gasteiger partial charge in [0.15, 0.2) is 0 Å². The van der Waals surface area contributed by atoms with Crippen molar-refractivity contribution in [2.24, 2.45) is 0 Å². The zero-order valence-electron chi connectivity index (χ0n) is 11.0. The van der Waals surface area contributed by atoms with E-state index in [1.54, 1.807) is 24.3 Å². The smallest absolute Gasteiger partial charge is 0.251 e. The van der Waals surface area contributed by atoms with Gasteiger partial charge in [0.05, 0.1) is 5.75 Å². The molecule has 3 N–H and O–H groups in total. The number of benzene rings is 1. The van der Waals surface area contributed by atoms with Crippen LogP contribution in [0.25, 0.3) is 0 Å². The summed E-state index contributed by atoms with van der Waals surface area (Å²) in [4.78, 5) is 11.7. The van der Waals surface area contributed by atoms with E-state index in [0.717, 1.165) is 0 Å². The van der Waals surface area contributed by atoms with Gasteiger partial charge in [-0.25, -0.2) is 13.1 Å². The highest BCUT2D eigenvalue weighted by Gasteiger charge is 2.09. The van der Waals surface area contributed by atoms with Crippen LogP contribution in [0.3, 0.4) is 0 Å². The van der Waals surface area contributed by atoms with Gasteiger partial charge in [-0.05, 0) is 31.3 Å². The zero-order valence-corrected chi connectivity index (χ0v) is 11.8. The van der Waals surface area contributed by atoms with Gasteiger partial charge in [-0.3, -0.25) is 4.79 Å². The standard InChI is InChI=1S/C13H16N2O4S/c1-14-20(18,19)10-8-15-13(17)12-6-4-11(5-7-12)3-2-9-16/h4-7,14,16H,8-10H2,1H3,(H,15,17). The summed E-state index contributed by atoms with van der Waals surface area (Å²) in [6.45, 7) is -0.184. The molecule has 20 heavy (non-hydrogen) atoms. The third-order valence-corrected chi connectivity index (χ3v) is 3.79. The summed E-state index contributed by atoms with van der Waals surface area (Å²) in [5, 5.41) is 11.1. The largest absolute Gasteiger partial charge is 0.384 e. The number of sulfonamides is 1. The Morgan fingerprint density at radius 1 is 1.30 bits per heavy atom. The van der Waals surface area contributed by atoms with Crippen LogP contribution in [-0.2, 0) is 10.0 Å². The minimum absolute atomic E-state index is 0.0358. The average Bonchev–Trinajstić information content (AvgIpc) is 2.45. The Kier molecular flexibility index (Phi) is 6.18. The maximum Gasteiger partial charge on any atom is 0.251 e. The van der Waals surface area contributed by atoms with Crippen LogP contribution < -0.4 is 10.0 Å². The van der Waals surface area contributed by atoms with Crippen molar-refractivity contribution in [2.75, 3.05) is 26.0 Å². The van der Waals surface area contributed by atoms with Crippen LogP contribution in [0.15, 0.2) is 24.3 Å². The molecule has 6 nitrogen and oxygen atoms in total. The topological polar surface area (TPSA) is 95.5 Å². The summed E-state index contributed by atoms with van der Waals surface area (Å²) in [5.74, 6) is 4.69. The van der Waals surface area contributed by atoms with Crippen LogP contribution in [0.2, 0.25) is 0 Å². The Labute approximate surface area is 118 Å². The molecule has 0 aliphatic heterocycles. The van der Waals surface area contributed by atoms with Crippen LogP contribution in [-0.4, -0.2) is 45.4 Å². The van der Waals surface area contributed by atoms with E-state index in [2.05, 4.69) is 21.9 Å². The van der Waals surface area contributed by atoms with Crippen molar-refractivity contribution in [3.8, 4) is 11.8 Å². The van der Waals surface area contributed by atoms with Gasteiger partial charge in [-0.2, -0.15) is 0 Å². The van der Waals surface area contributed by atoms with E-state index in [9.17, 15) is 13.2 Å². The second-order valence-corrected chi connectivity index (χ2v) is 5.86. The Balaban J connectivity index is 2.56. The van der Waals surface area contributed by atoms with Crippen LogP contribution >= 0.6 is 0 Å². The van der Waals surface area contributed by atoms with Crippen molar-refractivity contribution in [1.29, 1.82) is 0 Å². The van der Waals surface area contributed by atoms with Gasteiger partial charge in [0, 0.05) is 17.7 Å². The predicted octanol–water partition coefficient (Wildman–Crippen LogP) is -0.691. The lowest BCUT2D eigenvalue weighted by Gasteiger charge is -2.05. The fraction of sp³-hybridized carbons (Fsp3) is 0.308. The van der Waals surface area contributed by atoms with Gasteiger partial charge in [-0.1, -0.05) is 11.8 Å². The second kappa shape index (κ2) is 7.65. The van der Waals surface area contributed by atoms with E-state index >= 15 is 0 Å². The predicted molar refractivity (Wildman–Crippen MR) is 75.6 cm³/mol. The van der Waals surface area contributed by atoms with Crippen molar-refractivity contribution >= 4 is 15.9 Å². The van der Waals surface area contributed by atoms with Gasteiger partial charge >= 0.3 is 0 Å². The fourth-order valence-electron chi connectivity index (χ4n) is 1.35. The van der Waals surface area contributed by atoms with Gasteiger partial charge in [0.2, 0.25) is 10.0 Å². The number of hydrogen-bond acceptors (Lipinski definition) is 4. The van der Waals surface area contributed by atoms with E-state index in [0.29, 0.717) is 11.1 Å². The first kappa shape index (κ1) is 16.2. The number of carbonyl (C=O) groups is 1. The molecule has 1 rings (SSSR count). The molecule has 1 amide bonds. The molecule has 0 aromatic heterocycles. The van der Waals surface area contributed by atoms with Crippen molar-refractivity contribution in [3.05, 3.63) is 35.4 Å². The first-order chi connectivity index (χ1) is 9.48. The van der Waals surface area contributed by atoms with Crippen molar-refractivity contribution in [2.45, 2.75) is 0 Å². The molecule has 0 bridgehead atoms. The van der Waals surface area contributed by atoms with Gasteiger partial charge < -0.3 is 10.4 Å². The number of amides is 1. The van der Waals surface area contributed by atoms with E-state index in [4.69, 9.17) is 5.11 Å². The number of carbonyl (C=O) groups excluding carboxylic acids is 1. The third-order valence-electron chi connectivity index (χ3n) is 2.43. The highest BCUT2D eigenvalue weighted by atomic mass is 32.2. The van der Waals surface area contributed by atoms with Crippen LogP contribution in [0, 0.1) is 11.8 Å². The molecule has 0 heterocycles. The summed E-state index contributed by atoms with van der Waals surface area (Å²) in [5.41, 5.74) is 1.11. The molecule has 0 aliphatic rings. The lowest BCUT2D eigenvalue weighted by molar-refractivity contribution is 0.0956. The van der Waals surface area contributed by atoms with Crippen LogP contribution in [0.4, 0.5) is 0 Å². The summed E-state index contributed by atoms with van der Waals surface area (Å²) in [6.07, 6.45) is 0. The highest BCUT2D eigenvalue weighted by Crippen LogP contribution is 2.03. The number of hydrogen-bond donors (Lipinski definition) is 3. The molecular formula is C13H16N2O4S. The quantitative estimate of drug-likeness (QED) is 0.627. The van der Waals surface area contributed by atoms with Crippen molar-refractivity contribution in [3.63, 3.8) is 0 Å². The molecule has 0 aliphatic carbocycles. The molecule has 108 valence electrons. The second-order valence-electron chi connectivity index (χ2n) is 3.82. The van der Waals surface area contributed by atoms with Crippen molar-refractivity contribution < 1.29 is 18.3 Å². The molecular weight excluding hydrogens is 280 g/mol. The average molecular weight is 296 g/mol. The maximum atomic E-state index is 11.7. The molecule has 0 saturated carbocycles. The minimum atomic E-state index is -3.32. The number of aliphatic hydroxyl groups is 1. The molecule has 0 saturated heterocycles. The normalized spacial score (nSPS) is 10.5. The molecule has 0 fully saturated rings. The lowest BCUT2D eigenvalue weighted by Crippen LogP contribution is -2.32. The zero-order chi connectivity index (χ0) is 15.0. The van der Waals surface area contributed by atoms with Crippen LogP contribution in [0.5, 0.6) is 0 Å². The molecule has 0 spiro atoms. The number of nitrogens with one attached hydrogen (secondary N) is 2. The van der Waals surface area contributed by atoms with E-state index < -0.39 is 10.0 Å². The molecule has 0 atom stereocenters. The maximum absolute atomic E-state index is 11.7. The van der Waals surface area contributed by atoms with Gasteiger partial charge in [0.1, 0.15) is 6.61 Å². The molecule has 7 heteroatoms. The van der Waals surface area contributed by atoms with E-state index in [-0.39, 0.29) is 24.8 Å². The summed E-state index contributed by atoms with van der Waals surface area (Å²) >= 11 is 0. The Morgan fingerprint density at radius 2 is 1.95 bits per heavy atom. The van der Waals surface area contributed by atoms with E-state index in [1.165, 1.54) is 7.05 Å². The minimum Gasteiger partial charge on any atom is -0.384 e. The Bertz CT molecular complexity index is 612. The lowest BCUT2D eigenvalue weighted by atomic mass is 10.1. The molecule has 1 aromatic carbocycles. The Morgan fingerprint density at radius 3 is 2.50 bits per heavy atom. The van der Waals surface area contributed by atoms with E-state index in [1.807, 2.05) is 0 Å². The summed E-state index contributed by atoms with van der Waals surface area (Å²) in [6, 6.07) is 6.48. The van der Waals surface area contributed by atoms with Gasteiger partial charge in [-0.15, -0.1) is 0 Å². The first-order valence-corrected chi connectivity index (χ1v) is 7.53. The molecule has 0 unspecified atom stereocenters. The van der Waals surface area contributed by atoms with Crippen molar-refractivity contribution in [1.82, 2.24) is 10.0 Å². The monoisotopic (exact) mass is 296 g/mol.